The molecule has 0 spiro atoms. The highest BCUT2D eigenvalue weighted by atomic mass is 79.9. The highest BCUT2D eigenvalue weighted by molar-refractivity contribution is 9.10. The van der Waals surface area contributed by atoms with E-state index in [-0.39, 0.29) is 16.5 Å². The number of pyridine rings is 1. The minimum absolute atomic E-state index is 0.0835. The Bertz CT molecular complexity index is 754. The van der Waals surface area contributed by atoms with Gasteiger partial charge < -0.3 is 14.4 Å². The van der Waals surface area contributed by atoms with Crippen LogP contribution in [0.5, 0.6) is 0 Å². The number of nitrogen functional groups attached to an aromatic ring is 1. The van der Waals surface area contributed by atoms with Crippen LogP contribution in [0, 0.1) is 0 Å². The van der Waals surface area contributed by atoms with Gasteiger partial charge in [0.25, 0.3) is 10.0 Å². The zero-order valence-electron chi connectivity index (χ0n) is 10.5. The van der Waals surface area contributed by atoms with E-state index >= 15 is 0 Å². The Balaban J connectivity index is 2.35. The molecular weight excluding hydrogens is 426 g/mol. The van der Waals surface area contributed by atoms with Gasteiger partial charge in [-0.25, -0.2) is 13.4 Å². The van der Waals surface area contributed by atoms with Crippen molar-refractivity contribution in [1.29, 1.82) is 0 Å². The van der Waals surface area contributed by atoms with E-state index in [1.54, 1.807) is 18.2 Å². The molecule has 0 saturated carbocycles. The van der Waals surface area contributed by atoms with E-state index in [4.69, 9.17) is 5.73 Å². The summed E-state index contributed by atoms with van der Waals surface area (Å²) in [6, 6.07) is 9.25. The lowest BCUT2D eigenvalue weighted by Crippen LogP contribution is -2.14. The standard InChI is InChI=1S/C11H11Br2N5O2S/c12-16-8-5-4-7(6-9(8)17-13)21(19,20)18-11-3-1-2-10(14)15-11/h1-6,16-17H,(H3,14,15,18). The number of nitrogens with one attached hydrogen (secondary N) is 3. The summed E-state index contributed by atoms with van der Waals surface area (Å²) >= 11 is 6.16. The minimum Gasteiger partial charge on any atom is -0.384 e. The quantitative estimate of drug-likeness (QED) is 0.536. The van der Waals surface area contributed by atoms with Gasteiger partial charge in [0.2, 0.25) is 0 Å². The summed E-state index contributed by atoms with van der Waals surface area (Å²) < 4.78 is 32.5. The maximum Gasteiger partial charge on any atom is 0.263 e. The van der Waals surface area contributed by atoms with Crippen LogP contribution in [-0.4, -0.2) is 13.4 Å². The molecule has 5 N–H and O–H groups in total. The van der Waals surface area contributed by atoms with Crippen LogP contribution in [0.4, 0.5) is 23.0 Å². The molecule has 0 aliphatic rings. The summed E-state index contributed by atoms with van der Waals surface area (Å²) in [6.45, 7) is 0. The first-order valence-electron chi connectivity index (χ1n) is 5.59. The summed E-state index contributed by atoms with van der Waals surface area (Å²) in [6.07, 6.45) is 0. The molecule has 21 heavy (non-hydrogen) atoms. The van der Waals surface area contributed by atoms with E-state index in [0.29, 0.717) is 11.4 Å². The average Bonchev–Trinajstić information content (AvgIpc) is 2.46. The number of hydrogen-bond donors (Lipinski definition) is 4. The predicted octanol–water partition coefficient (Wildman–Crippen LogP) is 2.91. The second kappa shape index (κ2) is 6.50. The normalized spacial score (nSPS) is 11.0. The van der Waals surface area contributed by atoms with Gasteiger partial charge in [-0.3, -0.25) is 4.72 Å². The van der Waals surface area contributed by atoms with Crippen LogP contribution >= 0.6 is 32.3 Å². The van der Waals surface area contributed by atoms with E-state index < -0.39 is 10.0 Å². The average molecular weight is 437 g/mol. The topological polar surface area (TPSA) is 109 Å². The largest absolute Gasteiger partial charge is 0.384 e. The Kier molecular flexibility index (Phi) is 4.91. The van der Waals surface area contributed by atoms with Gasteiger partial charge in [-0.05, 0) is 30.3 Å². The lowest BCUT2D eigenvalue weighted by molar-refractivity contribution is 0.601. The number of rotatable bonds is 5. The highest BCUT2D eigenvalue weighted by Crippen LogP contribution is 2.28. The molecule has 0 saturated heterocycles. The molecule has 0 atom stereocenters. The highest BCUT2D eigenvalue weighted by Gasteiger charge is 2.17. The number of halogens is 2. The molecule has 1 aromatic heterocycles. The van der Waals surface area contributed by atoms with Gasteiger partial charge in [0.1, 0.15) is 11.6 Å². The molecule has 112 valence electrons. The Morgan fingerprint density at radius 3 is 2.38 bits per heavy atom. The fourth-order valence-electron chi connectivity index (χ4n) is 1.56. The molecule has 0 radical (unpaired) electrons. The van der Waals surface area contributed by atoms with Gasteiger partial charge in [0.15, 0.2) is 0 Å². The lowest BCUT2D eigenvalue weighted by atomic mass is 10.3. The third-order valence-electron chi connectivity index (χ3n) is 2.51. The van der Waals surface area contributed by atoms with Crippen LogP contribution in [0.2, 0.25) is 0 Å². The number of sulfonamides is 1. The molecule has 0 fully saturated rings. The fourth-order valence-corrected chi connectivity index (χ4v) is 3.26. The van der Waals surface area contributed by atoms with Crippen molar-refractivity contribution >= 4 is 65.3 Å². The Morgan fingerprint density at radius 1 is 1.05 bits per heavy atom. The van der Waals surface area contributed by atoms with Gasteiger partial charge in [-0.1, -0.05) is 6.07 Å². The first-order valence-corrected chi connectivity index (χ1v) is 8.66. The summed E-state index contributed by atoms with van der Waals surface area (Å²) in [4.78, 5) is 3.99. The number of nitrogens with two attached hydrogens (primary N) is 1. The molecule has 2 aromatic rings. The molecule has 0 bridgehead atoms. The van der Waals surface area contributed by atoms with Crippen molar-refractivity contribution in [3.8, 4) is 0 Å². The monoisotopic (exact) mass is 435 g/mol. The van der Waals surface area contributed by atoms with Crippen molar-refractivity contribution in [1.82, 2.24) is 4.98 Å². The molecular formula is C11H11Br2N5O2S. The van der Waals surface area contributed by atoms with Crippen LogP contribution in [0.1, 0.15) is 0 Å². The van der Waals surface area contributed by atoms with E-state index in [1.807, 2.05) is 0 Å². The summed E-state index contributed by atoms with van der Waals surface area (Å²) in [5.41, 5.74) is 6.75. The van der Waals surface area contributed by atoms with Crippen molar-refractivity contribution in [2.45, 2.75) is 4.90 Å². The van der Waals surface area contributed by atoms with Crippen molar-refractivity contribution in [3.05, 3.63) is 36.4 Å². The molecule has 10 heteroatoms. The Hall–Kier alpha value is -1.52. The summed E-state index contributed by atoms with van der Waals surface area (Å²) in [7, 11) is -3.76. The molecule has 1 aromatic carbocycles. The number of hydrogen-bond acceptors (Lipinski definition) is 6. The zero-order chi connectivity index (χ0) is 15.5. The molecule has 0 aliphatic carbocycles. The van der Waals surface area contributed by atoms with Crippen molar-refractivity contribution in [2.24, 2.45) is 0 Å². The maximum absolute atomic E-state index is 12.3. The van der Waals surface area contributed by atoms with Crippen molar-refractivity contribution in [2.75, 3.05) is 19.1 Å². The summed E-state index contributed by atoms with van der Waals surface area (Å²) in [5.74, 6) is 0.392. The first kappa shape index (κ1) is 15.9. The van der Waals surface area contributed by atoms with Gasteiger partial charge in [0.05, 0.1) is 16.3 Å². The zero-order valence-corrected chi connectivity index (χ0v) is 14.5. The van der Waals surface area contributed by atoms with E-state index in [1.165, 1.54) is 18.2 Å². The van der Waals surface area contributed by atoms with Crippen LogP contribution in [0.3, 0.4) is 0 Å². The Labute approximate surface area is 139 Å². The second-order valence-corrected chi connectivity index (χ2v) is 6.42. The maximum atomic E-state index is 12.3. The number of benzene rings is 1. The molecule has 2 rings (SSSR count). The molecule has 0 aliphatic heterocycles. The number of nitrogens with zero attached hydrogens (tertiary/aromatic N) is 1. The van der Waals surface area contributed by atoms with Crippen molar-refractivity contribution in [3.63, 3.8) is 0 Å². The molecule has 0 unspecified atom stereocenters. The molecule has 7 nitrogen and oxygen atoms in total. The van der Waals surface area contributed by atoms with E-state index in [0.717, 1.165) is 0 Å². The van der Waals surface area contributed by atoms with Crippen LogP contribution < -0.4 is 19.1 Å². The first-order chi connectivity index (χ1) is 9.96. The SMILES string of the molecule is Nc1cccc(NS(=O)(=O)c2ccc(NBr)c(NBr)c2)n1. The number of anilines is 4. The van der Waals surface area contributed by atoms with Crippen LogP contribution in [-0.2, 0) is 10.0 Å². The van der Waals surface area contributed by atoms with Gasteiger partial charge in [0, 0.05) is 32.3 Å². The van der Waals surface area contributed by atoms with Crippen LogP contribution in [0.15, 0.2) is 41.3 Å². The summed E-state index contributed by atoms with van der Waals surface area (Å²) in [5, 5.41) is 0. The molecule has 0 amide bonds. The second-order valence-electron chi connectivity index (χ2n) is 3.95. The van der Waals surface area contributed by atoms with Gasteiger partial charge in [-0.15, -0.1) is 0 Å². The minimum atomic E-state index is -3.76. The fraction of sp³-hybridized carbons (Fsp3) is 0. The van der Waals surface area contributed by atoms with Crippen LogP contribution in [0.25, 0.3) is 0 Å². The third-order valence-corrected chi connectivity index (χ3v) is 4.72. The lowest BCUT2D eigenvalue weighted by Gasteiger charge is -2.11. The van der Waals surface area contributed by atoms with Gasteiger partial charge in [-0.2, -0.15) is 0 Å². The van der Waals surface area contributed by atoms with E-state index in [9.17, 15) is 8.42 Å². The molecule has 1 heterocycles. The Morgan fingerprint density at radius 2 is 1.76 bits per heavy atom. The predicted molar refractivity (Wildman–Crippen MR) is 91.0 cm³/mol. The number of aromatic nitrogens is 1. The van der Waals surface area contributed by atoms with Crippen molar-refractivity contribution < 1.29 is 8.42 Å². The van der Waals surface area contributed by atoms with E-state index in [2.05, 4.69) is 50.7 Å². The third kappa shape index (κ3) is 3.77. The van der Waals surface area contributed by atoms with Gasteiger partial charge >= 0.3 is 0 Å². The smallest absolute Gasteiger partial charge is 0.263 e.